The Morgan fingerprint density at radius 1 is 1.62 bits per heavy atom. The van der Waals surface area contributed by atoms with Crippen LogP contribution < -0.4 is 0 Å². The lowest BCUT2D eigenvalue weighted by atomic mass is 9.80. The standard InChI is InChI=1S/C10H14N2O/c1-7-9(6-12(2)11-7)10(13)8-4-3-5-8/h6,8H,3-5H2,1-2H3. The van der Waals surface area contributed by atoms with E-state index in [-0.39, 0.29) is 11.7 Å². The Balaban J connectivity index is 2.23. The summed E-state index contributed by atoms with van der Waals surface area (Å²) >= 11 is 0. The molecule has 13 heavy (non-hydrogen) atoms. The minimum atomic E-state index is 0.280. The maximum absolute atomic E-state index is 11.8. The fourth-order valence-corrected chi connectivity index (χ4v) is 1.73. The maximum atomic E-state index is 11.8. The predicted octanol–water partition coefficient (Wildman–Crippen LogP) is 1.71. The highest BCUT2D eigenvalue weighted by Crippen LogP contribution is 2.30. The summed E-state index contributed by atoms with van der Waals surface area (Å²) in [5.74, 6) is 0.569. The van der Waals surface area contributed by atoms with Crippen molar-refractivity contribution in [1.29, 1.82) is 0 Å². The molecule has 1 aliphatic rings. The number of carbonyl (C=O) groups excluding carboxylic acids is 1. The molecule has 3 nitrogen and oxygen atoms in total. The lowest BCUT2D eigenvalue weighted by Crippen LogP contribution is -2.22. The largest absolute Gasteiger partial charge is 0.294 e. The van der Waals surface area contributed by atoms with Crippen LogP contribution in [0.4, 0.5) is 0 Å². The van der Waals surface area contributed by atoms with Crippen LogP contribution in [-0.4, -0.2) is 15.6 Å². The molecule has 1 aromatic heterocycles. The molecule has 0 aromatic carbocycles. The Hall–Kier alpha value is -1.12. The molecule has 1 aromatic rings. The molecule has 0 aliphatic heterocycles. The fraction of sp³-hybridized carbons (Fsp3) is 0.600. The Labute approximate surface area is 77.7 Å². The van der Waals surface area contributed by atoms with Crippen LogP contribution in [0.3, 0.4) is 0 Å². The van der Waals surface area contributed by atoms with E-state index in [0.29, 0.717) is 0 Å². The Bertz CT molecular complexity index is 337. The summed E-state index contributed by atoms with van der Waals surface area (Å²) < 4.78 is 1.71. The minimum absolute atomic E-state index is 0.280. The second-order valence-electron chi connectivity index (χ2n) is 3.79. The van der Waals surface area contributed by atoms with Gasteiger partial charge in [-0.2, -0.15) is 5.10 Å². The summed E-state index contributed by atoms with van der Waals surface area (Å²) in [6, 6.07) is 0. The van der Waals surface area contributed by atoms with Gasteiger partial charge in [-0.3, -0.25) is 9.48 Å². The van der Waals surface area contributed by atoms with Gasteiger partial charge in [0.1, 0.15) is 0 Å². The van der Waals surface area contributed by atoms with Crippen LogP contribution in [0.25, 0.3) is 0 Å². The van der Waals surface area contributed by atoms with Crippen LogP contribution in [0.15, 0.2) is 6.20 Å². The average Bonchev–Trinajstić information content (AvgIpc) is 2.26. The number of rotatable bonds is 2. The SMILES string of the molecule is Cc1nn(C)cc1C(=O)C1CCC1. The molecule has 0 unspecified atom stereocenters. The fourth-order valence-electron chi connectivity index (χ4n) is 1.73. The van der Waals surface area contributed by atoms with E-state index in [2.05, 4.69) is 5.10 Å². The quantitative estimate of drug-likeness (QED) is 0.646. The Morgan fingerprint density at radius 3 is 2.69 bits per heavy atom. The second-order valence-corrected chi connectivity index (χ2v) is 3.79. The monoisotopic (exact) mass is 178 g/mol. The molecule has 0 amide bonds. The van der Waals surface area contributed by atoms with E-state index in [0.717, 1.165) is 24.1 Å². The van der Waals surface area contributed by atoms with Crippen molar-refractivity contribution in [2.45, 2.75) is 26.2 Å². The first-order chi connectivity index (χ1) is 6.18. The number of carbonyl (C=O) groups is 1. The van der Waals surface area contributed by atoms with Gasteiger partial charge in [0.05, 0.1) is 11.3 Å². The van der Waals surface area contributed by atoms with E-state index in [1.807, 2.05) is 20.2 Å². The first-order valence-corrected chi connectivity index (χ1v) is 4.73. The van der Waals surface area contributed by atoms with Crippen molar-refractivity contribution in [1.82, 2.24) is 9.78 Å². The van der Waals surface area contributed by atoms with Gasteiger partial charge in [-0.25, -0.2) is 0 Å². The molecule has 1 fully saturated rings. The predicted molar refractivity (Wildman–Crippen MR) is 49.6 cm³/mol. The Morgan fingerprint density at radius 2 is 2.31 bits per heavy atom. The van der Waals surface area contributed by atoms with E-state index in [9.17, 15) is 4.79 Å². The van der Waals surface area contributed by atoms with Gasteiger partial charge in [0.25, 0.3) is 0 Å². The summed E-state index contributed by atoms with van der Waals surface area (Å²) in [5, 5.41) is 4.17. The first kappa shape index (κ1) is 8.48. The topological polar surface area (TPSA) is 34.9 Å². The van der Waals surface area contributed by atoms with Crippen molar-refractivity contribution >= 4 is 5.78 Å². The van der Waals surface area contributed by atoms with E-state index < -0.39 is 0 Å². The molecule has 3 heteroatoms. The molecular formula is C10H14N2O. The lowest BCUT2D eigenvalue weighted by Gasteiger charge is -2.23. The normalized spacial score (nSPS) is 17.1. The second kappa shape index (κ2) is 2.98. The first-order valence-electron chi connectivity index (χ1n) is 4.73. The maximum Gasteiger partial charge on any atom is 0.169 e. The summed E-state index contributed by atoms with van der Waals surface area (Å²) in [7, 11) is 1.85. The summed E-state index contributed by atoms with van der Waals surface area (Å²) in [4.78, 5) is 11.8. The molecule has 0 saturated heterocycles. The van der Waals surface area contributed by atoms with Crippen LogP contribution >= 0.6 is 0 Å². The van der Waals surface area contributed by atoms with Gasteiger partial charge >= 0.3 is 0 Å². The van der Waals surface area contributed by atoms with Crippen LogP contribution in [0.5, 0.6) is 0 Å². The van der Waals surface area contributed by atoms with Crippen LogP contribution in [0.2, 0.25) is 0 Å². The smallest absolute Gasteiger partial charge is 0.169 e. The summed E-state index contributed by atoms with van der Waals surface area (Å²) in [6.45, 7) is 1.89. The highest BCUT2D eigenvalue weighted by Gasteiger charge is 2.28. The number of hydrogen-bond donors (Lipinski definition) is 0. The van der Waals surface area contributed by atoms with Gasteiger partial charge in [0.2, 0.25) is 0 Å². The molecule has 70 valence electrons. The van der Waals surface area contributed by atoms with Crippen molar-refractivity contribution in [3.63, 3.8) is 0 Å². The average molecular weight is 178 g/mol. The molecule has 0 radical (unpaired) electrons. The van der Waals surface area contributed by atoms with Gasteiger partial charge in [-0.15, -0.1) is 0 Å². The molecule has 0 N–H and O–H groups in total. The van der Waals surface area contributed by atoms with Crippen LogP contribution in [0.1, 0.15) is 35.3 Å². The highest BCUT2D eigenvalue weighted by atomic mass is 16.1. The number of aryl methyl sites for hydroxylation is 2. The lowest BCUT2D eigenvalue weighted by molar-refractivity contribution is 0.0854. The molecule has 0 bridgehead atoms. The number of ketones is 1. The zero-order chi connectivity index (χ0) is 9.42. The molecule has 0 spiro atoms. The summed E-state index contributed by atoms with van der Waals surface area (Å²) in [6.07, 6.45) is 5.16. The zero-order valence-electron chi connectivity index (χ0n) is 8.08. The molecule has 1 aliphatic carbocycles. The van der Waals surface area contributed by atoms with Crippen molar-refractivity contribution in [3.05, 3.63) is 17.5 Å². The number of hydrogen-bond acceptors (Lipinski definition) is 2. The highest BCUT2D eigenvalue weighted by molar-refractivity contribution is 5.99. The van der Waals surface area contributed by atoms with E-state index in [1.165, 1.54) is 6.42 Å². The van der Waals surface area contributed by atoms with Gasteiger partial charge in [-0.1, -0.05) is 6.42 Å². The number of nitrogens with zero attached hydrogens (tertiary/aromatic N) is 2. The number of Topliss-reactive ketones (excluding diaryl/α,β-unsaturated/α-hetero) is 1. The van der Waals surface area contributed by atoms with Gasteiger partial charge in [0.15, 0.2) is 5.78 Å². The minimum Gasteiger partial charge on any atom is -0.294 e. The third kappa shape index (κ3) is 1.39. The molecule has 1 saturated carbocycles. The van der Waals surface area contributed by atoms with Crippen LogP contribution in [-0.2, 0) is 7.05 Å². The number of aromatic nitrogens is 2. The van der Waals surface area contributed by atoms with Crippen molar-refractivity contribution < 1.29 is 4.79 Å². The van der Waals surface area contributed by atoms with Gasteiger partial charge in [-0.05, 0) is 19.8 Å². The van der Waals surface area contributed by atoms with E-state index in [4.69, 9.17) is 0 Å². The van der Waals surface area contributed by atoms with Gasteiger partial charge < -0.3 is 0 Å². The van der Waals surface area contributed by atoms with E-state index >= 15 is 0 Å². The van der Waals surface area contributed by atoms with Crippen molar-refractivity contribution in [2.24, 2.45) is 13.0 Å². The summed E-state index contributed by atoms with van der Waals surface area (Å²) in [5.41, 5.74) is 1.67. The molecular weight excluding hydrogens is 164 g/mol. The van der Waals surface area contributed by atoms with Gasteiger partial charge in [0, 0.05) is 19.2 Å². The van der Waals surface area contributed by atoms with Crippen molar-refractivity contribution in [3.8, 4) is 0 Å². The molecule has 2 rings (SSSR count). The molecule has 0 atom stereocenters. The zero-order valence-corrected chi connectivity index (χ0v) is 8.08. The Kier molecular flexibility index (Phi) is 1.94. The van der Waals surface area contributed by atoms with Crippen LogP contribution in [0, 0.1) is 12.8 Å². The third-order valence-electron chi connectivity index (χ3n) is 2.75. The van der Waals surface area contributed by atoms with E-state index in [1.54, 1.807) is 4.68 Å². The molecule has 1 heterocycles. The third-order valence-corrected chi connectivity index (χ3v) is 2.75. The van der Waals surface area contributed by atoms with Crippen molar-refractivity contribution in [2.75, 3.05) is 0 Å².